The minimum atomic E-state index is -3.32. The zero-order valence-corrected chi connectivity index (χ0v) is 16.9. The van der Waals surface area contributed by atoms with Crippen LogP contribution in [0.1, 0.15) is 12.5 Å². The number of nitro benzene ring substituents is 1. The Hall–Kier alpha value is -2.45. The lowest BCUT2D eigenvalue weighted by atomic mass is 10.2. The molecule has 1 unspecified atom stereocenters. The summed E-state index contributed by atoms with van der Waals surface area (Å²) in [6, 6.07) is 13.5. The first-order chi connectivity index (χ1) is 13.3. The fourth-order valence-corrected chi connectivity index (χ4v) is 5.06. The minimum Gasteiger partial charge on any atom is -0.369 e. The summed E-state index contributed by atoms with van der Waals surface area (Å²) in [5.74, 6) is 0.0909. The van der Waals surface area contributed by atoms with Crippen molar-refractivity contribution < 1.29 is 13.3 Å². The fourth-order valence-electron chi connectivity index (χ4n) is 3.47. The molecule has 0 spiro atoms. The van der Waals surface area contributed by atoms with Gasteiger partial charge in [-0.2, -0.15) is 0 Å². The lowest BCUT2D eigenvalue weighted by molar-refractivity contribution is -0.384. The van der Waals surface area contributed by atoms with Crippen molar-refractivity contribution in [2.45, 2.75) is 24.8 Å². The molecule has 1 aliphatic heterocycles. The maximum atomic E-state index is 12.7. The van der Waals surface area contributed by atoms with E-state index in [0.717, 1.165) is 37.4 Å². The molecule has 2 aromatic rings. The van der Waals surface area contributed by atoms with Gasteiger partial charge in [-0.05, 0) is 38.1 Å². The van der Waals surface area contributed by atoms with Crippen LogP contribution >= 0.6 is 0 Å². The molecule has 0 amide bonds. The Morgan fingerprint density at radius 1 is 1.00 bits per heavy atom. The van der Waals surface area contributed by atoms with Gasteiger partial charge in [-0.25, -0.2) is 8.42 Å². The van der Waals surface area contributed by atoms with E-state index >= 15 is 0 Å². The number of non-ortho nitro benzene ring substituents is 1. The first kappa shape index (κ1) is 20.3. The van der Waals surface area contributed by atoms with Crippen molar-refractivity contribution in [3.63, 3.8) is 0 Å². The molecule has 0 bridgehead atoms. The molecule has 1 saturated heterocycles. The molecular weight excluding hydrogens is 378 g/mol. The Morgan fingerprint density at radius 3 is 2.11 bits per heavy atom. The Bertz CT molecular complexity index is 919. The average Bonchev–Trinajstić information content (AvgIpc) is 2.68. The zero-order valence-electron chi connectivity index (χ0n) is 16.1. The van der Waals surface area contributed by atoms with Crippen molar-refractivity contribution in [1.82, 2.24) is 4.90 Å². The quantitative estimate of drug-likeness (QED) is 0.545. The highest BCUT2D eigenvalue weighted by Crippen LogP contribution is 2.22. The molecular formula is C20H25N3O4S. The molecule has 7 nitrogen and oxygen atoms in total. The van der Waals surface area contributed by atoms with Gasteiger partial charge in [0, 0.05) is 50.0 Å². The number of nitro groups is 1. The molecule has 2 aromatic carbocycles. The third-order valence-corrected chi connectivity index (χ3v) is 7.12. The van der Waals surface area contributed by atoms with Gasteiger partial charge in [0.15, 0.2) is 9.84 Å². The van der Waals surface area contributed by atoms with E-state index in [1.807, 2.05) is 26.0 Å². The van der Waals surface area contributed by atoms with Gasteiger partial charge in [0.1, 0.15) is 0 Å². The molecule has 28 heavy (non-hydrogen) atoms. The highest BCUT2D eigenvalue weighted by atomic mass is 32.2. The SMILES string of the molecule is Cc1ccc(S(=O)(=O)CC(C)N2CCN(c3ccc([N+](=O)[O-])cc3)CC2)cc1. The van der Waals surface area contributed by atoms with Crippen molar-refractivity contribution in [3.05, 3.63) is 64.2 Å². The van der Waals surface area contributed by atoms with Crippen LogP contribution in [0.4, 0.5) is 11.4 Å². The van der Waals surface area contributed by atoms with E-state index in [2.05, 4.69) is 9.80 Å². The van der Waals surface area contributed by atoms with E-state index in [1.54, 1.807) is 24.3 Å². The minimum absolute atomic E-state index is 0.0784. The number of hydrogen-bond donors (Lipinski definition) is 0. The number of rotatable bonds is 6. The second kappa shape index (κ2) is 8.28. The number of aryl methyl sites for hydroxylation is 1. The van der Waals surface area contributed by atoms with Crippen LogP contribution in [0, 0.1) is 17.0 Å². The third kappa shape index (κ3) is 4.69. The highest BCUT2D eigenvalue weighted by molar-refractivity contribution is 7.91. The van der Waals surface area contributed by atoms with E-state index in [9.17, 15) is 18.5 Å². The van der Waals surface area contributed by atoms with E-state index in [-0.39, 0.29) is 17.5 Å². The van der Waals surface area contributed by atoms with Crippen molar-refractivity contribution in [3.8, 4) is 0 Å². The molecule has 3 rings (SSSR count). The Balaban J connectivity index is 1.58. The number of sulfone groups is 1. The topological polar surface area (TPSA) is 83.8 Å². The van der Waals surface area contributed by atoms with Crippen LogP contribution in [-0.4, -0.2) is 56.2 Å². The number of piperazine rings is 1. The predicted octanol–water partition coefficient (Wildman–Crippen LogP) is 2.89. The van der Waals surface area contributed by atoms with Crippen LogP contribution in [-0.2, 0) is 9.84 Å². The van der Waals surface area contributed by atoms with Crippen LogP contribution in [0.5, 0.6) is 0 Å². The summed E-state index contributed by atoms with van der Waals surface area (Å²) in [4.78, 5) is 15.1. The first-order valence-electron chi connectivity index (χ1n) is 9.29. The zero-order chi connectivity index (χ0) is 20.3. The van der Waals surface area contributed by atoms with Crippen LogP contribution in [0.3, 0.4) is 0 Å². The van der Waals surface area contributed by atoms with Gasteiger partial charge in [0.05, 0.1) is 15.6 Å². The van der Waals surface area contributed by atoms with Crippen LogP contribution in [0.2, 0.25) is 0 Å². The lowest BCUT2D eigenvalue weighted by Gasteiger charge is -2.39. The Labute approximate surface area is 165 Å². The standard InChI is InChI=1S/C20H25N3O4S/c1-16-3-9-20(10-4-16)28(26,27)15-17(2)21-11-13-22(14-12-21)18-5-7-19(8-6-18)23(24)25/h3-10,17H,11-15H2,1-2H3. The Morgan fingerprint density at radius 2 is 1.57 bits per heavy atom. The van der Waals surface area contributed by atoms with Gasteiger partial charge in [-0.3, -0.25) is 15.0 Å². The second-order valence-corrected chi connectivity index (χ2v) is 9.27. The molecule has 1 fully saturated rings. The summed E-state index contributed by atoms with van der Waals surface area (Å²) in [5, 5.41) is 10.8. The molecule has 0 aliphatic carbocycles. The molecule has 0 N–H and O–H groups in total. The summed E-state index contributed by atoms with van der Waals surface area (Å²) in [6.45, 7) is 6.90. The summed E-state index contributed by atoms with van der Waals surface area (Å²) < 4.78 is 25.4. The summed E-state index contributed by atoms with van der Waals surface area (Å²) in [7, 11) is -3.32. The second-order valence-electron chi connectivity index (χ2n) is 7.24. The molecule has 1 atom stereocenters. The van der Waals surface area contributed by atoms with Gasteiger partial charge in [-0.1, -0.05) is 17.7 Å². The average molecular weight is 404 g/mol. The van der Waals surface area contributed by atoms with Gasteiger partial charge in [-0.15, -0.1) is 0 Å². The van der Waals surface area contributed by atoms with Gasteiger partial charge >= 0.3 is 0 Å². The largest absolute Gasteiger partial charge is 0.369 e. The van der Waals surface area contributed by atoms with E-state index in [0.29, 0.717) is 4.90 Å². The third-order valence-electron chi connectivity index (χ3n) is 5.20. The monoisotopic (exact) mass is 403 g/mol. The summed E-state index contributed by atoms with van der Waals surface area (Å²) >= 11 is 0. The molecule has 150 valence electrons. The maximum absolute atomic E-state index is 12.7. The number of hydrogen-bond acceptors (Lipinski definition) is 6. The van der Waals surface area contributed by atoms with Crippen molar-refractivity contribution >= 4 is 21.2 Å². The predicted molar refractivity (Wildman–Crippen MR) is 110 cm³/mol. The number of anilines is 1. The van der Waals surface area contributed by atoms with Gasteiger partial charge in [0.2, 0.25) is 0 Å². The molecule has 1 aliphatic rings. The van der Waals surface area contributed by atoms with Gasteiger partial charge < -0.3 is 4.90 Å². The smallest absolute Gasteiger partial charge is 0.269 e. The molecule has 8 heteroatoms. The van der Waals surface area contributed by atoms with Gasteiger partial charge in [0.25, 0.3) is 5.69 Å². The highest BCUT2D eigenvalue weighted by Gasteiger charge is 2.26. The van der Waals surface area contributed by atoms with E-state index in [1.165, 1.54) is 12.1 Å². The number of nitrogens with zero attached hydrogens (tertiary/aromatic N) is 3. The van der Waals surface area contributed by atoms with E-state index in [4.69, 9.17) is 0 Å². The van der Waals surface area contributed by atoms with Crippen molar-refractivity contribution in [2.24, 2.45) is 0 Å². The number of benzene rings is 2. The lowest BCUT2D eigenvalue weighted by Crippen LogP contribution is -2.51. The normalized spacial score (nSPS) is 16.7. The molecule has 0 radical (unpaired) electrons. The maximum Gasteiger partial charge on any atom is 0.269 e. The molecule has 0 saturated carbocycles. The fraction of sp³-hybridized carbons (Fsp3) is 0.400. The van der Waals surface area contributed by atoms with Crippen LogP contribution < -0.4 is 4.90 Å². The van der Waals surface area contributed by atoms with Crippen molar-refractivity contribution in [2.75, 3.05) is 36.8 Å². The van der Waals surface area contributed by atoms with Crippen LogP contribution in [0.15, 0.2) is 53.4 Å². The van der Waals surface area contributed by atoms with Crippen molar-refractivity contribution in [1.29, 1.82) is 0 Å². The molecule has 1 heterocycles. The first-order valence-corrected chi connectivity index (χ1v) is 10.9. The Kier molecular flexibility index (Phi) is 6.00. The van der Waals surface area contributed by atoms with E-state index < -0.39 is 14.8 Å². The summed E-state index contributed by atoms with van der Waals surface area (Å²) in [6.07, 6.45) is 0. The summed E-state index contributed by atoms with van der Waals surface area (Å²) in [5.41, 5.74) is 2.07. The van der Waals surface area contributed by atoms with Crippen LogP contribution in [0.25, 0.3) is 0 Å². The molecule has 0 aromatic heterocycles.